The Labute approximate surface area is 169 Å². The van der Waals surface area contributed by atoms with E-state index in [0.717, 1.165) is 16.8 Å². The van der Waals surface area contributed by atoms with Crippen molar-refractivity contribution in [1.82, 2.24) is 0 Å². The lowest BCUT2D eigenvalue weighted by atomic mass is 10.1. The highest BCUT2D eigenvalue weighted by molar-refractivity contribution is 6.30. The Balaban J connectivity index is 1.67. The molecule has 0 heterocycles. The van der Waals surface area contributed by atoms with Crippen LogP contribution >= 0.6 is 11.6 Å². The molecule has 2 amide bonds. The Kier molecular flexibility index (Phi) is 8.02. The number of rotatable bonds is 8. The molecule has 0 fully saturated rings. The third kappa shape index (κ3) is 7.04. The monoisotopic (exact) mass is 402 g/mol. The summed E-state index contributed by atoms with van der Waals surface area (Å²) >= 11 is 5.86. The molecule has 0 radical (unpaired) electrons. The van der Waals surface area contributed by atoms with E-state index in [2.05, 4.69) is 10.6 Å². The highest BCUT2D eigenvalue weighted by atomic mass is 35.5. The molecule has 0 saturated carbocycles. The minimum Gasteiger partial charge on any atom is -0.456 e. The number of hydrogen-bond donors (Lipinski definition) is 2. The first-order chi connectivity index (χ1) is 13.3. The van der Waals surface area contributed by atoms with Gasteiger partial charge in [-0.15, -0.1) is 0 Å². The maximum atomic E-state index is 12.0. The van der Waals surface area contributed by atoms with E-state index in [4.69, 9.17) is 16.3 Å². The van der Waals surface area contributed by atoms with Crippen molar-refractivity contribution in [3.63, 3.8) is 0 Å². The minimum absolute atomic E-state index is 0.0552. The van der Waals surface area contributed by atoms with E-state index in [-0.39, 0.29) is 25.4 Å². The van der Waals surface area contributed by atoms with E-state index in [9.17, 15) is 14.4 Å². The largest absolute Gasteiger partial charge is 0.456 e. The standard InChI is InChI=1S/C21H23ClN2O4/c1-14-6-3-7-15(2)21(14)24-19(26)13-28-20(27)11-5-10-18(25)23-17-9-4-8-16(22)12-17/h3-4,6-9,12H,5,10-11,13H2,1-2H3,(H,23,25)(H,24,26). The summed E-state index contributed by atoms with van der Waals surface area (Å²) in [6.07, 6.45) is 0.541. The molecule has 0 spiro atoms. The zero-order chi connectivity index (χ0) is 20.5. The topological polar surface area (TPSA) is 84.5 Å². The molecule has 7 heteroatoms. The zero-order valence-corrected chi connectivity index (χ0v) is 16.6. The van der Waals surface area contributed by atoms with Crippen LogP contribution < -0.4 is 10.6 Å². The molecule has 0 aliphatic rings. The molecule has 0 bridgehead atoms. The number of aryl methyl sites for hydroxylation is 2. The van der Waals surface area contributed by atoms with Crippen LogP contribution in [0.2, 0.25) is 5.02 Å². The summed E-state index contributed by atoms with van der Waals surface area (Å²) in [6.45, 7) is 3.42. The first-order valence-corrected chi connectivity index (χ1v) is 9.30. The molecule has 2 aromatic carbocycles. The van der Waals surface area contributed by atoms with E-state index in [1.165, 1.54) is 0 Å². The molecule has 0 atom stereocenters. The highest BCUT2D eigenvalue weighted by Gasteiger charge is 2.11. The Morgan fingerprint density at radius 1 is 0.929 bits per heavy atom. The van der Waals surface area contributed by atoms with Crippen LogP contribution in [0.15, 0.2) is 42.5 Å². The number of para-hydroxylation sites is 1. The van der Waals surface area contributed by atoms with Gasteiger partial charge in [-0.1, -0.05) is 35.9 Å². The quantitative estimate of drug-likeness (QED) is 0.646. The van der Waals surface area contributed by atoms with Crippen LogP contribution in [0.4, 0.5) is 11.4 Å². The second-order valence-corrected chi connectivity index (χ2v) is 6.82. The van der Waals surface area contributed by atoms with Crippen molar-refractivity contribution < 1.29 is 19.1 Å². The van der Waals surface area contributed by atoms with Crippen LogP contribution in [0.25, 0.3) is 0 Å². The second kappa shape index (κ2) is 10.5. The van der Waals surface area contributed by atoms with Gasteiger partial charge in [0.25, 0.3) is 5.91 Å². The molecule has 28 heavy (non-hydrogen) atoms. The predicted molar refractivity (Wildman–Crippen MR) is 109 cm³/mol. The molecule has 0 saturated heterocycles. The molecular formula is C21H23ClN2O4. The van der Waals surface area contributed by atoms with E-state index in [1.54, 1.807) is 24.3 Å². The number of ether oxygens (including phenoxy) is 1. The van der Waals surface area contributed by atoms with Crippen molar-refractivity contribution >= 4 is 40.8 Å². The summed E-state index contributed by atoms with van der Waals surface area (Å²) in [5.41, 5.74) is 3.19. The lowest BCUT2D eigenvalue weighted by Gasteiger charge is -2.11. The Bertz CT molecular complexity index is 847. The normalized spacial score (nSPS) is 10.2. The second-order valence-electron chi connectivity index (χ2n) is 6.39. The summed E-state index contributed by atoms with van der Waals surface area (Å²) in [5.74, 6) is -1.14. The SMILES string of the molecule is Cc1cccc(C)c1NC(=O)COC(=O)CCCC(=O)Nc1cccc(Cl)c1. The molecule has 0 aromatic heterocycles. The first-order valence-electron chi connectivity index (χ1n) is 8.92. The maximum absolute atomic E-state index is 12.0. The van der Waals surface area contributed by atoms with Crippen LogP contribution in [-0.2, 0) is 19.1 Å². The number of halogens is 1. The van der Waals surface area contributed by atoms with Gasteiger partial charge in [-0.3, -0.25) is 14.4 Å². The number of anilines is 2. The summed E-state index contributed by atoms with van der Waals surface area (Å²) in [6, 6.07) is 12.5. The van der Waals surface area contributed by atoms with Gasteiger partial charge in [0.15, 0.2) is 6.61 Å². The van der Waals surface area contributed by atoms with E-state index in [0.29, 0.717) is 17.1 Å². The van der Waals surface area contributed by atoms with Crippen LogP contribution in [0.1, 0.15) is 30.4 Å². The van der Waals surface area contributed by atoms with E-state index < -0.39 is 11.9 Å². The maximum Gasteiger partial charge on any atom is 0.306 e. The average Bonchev–Trinajstić information content (AvgIpc) is 2.63. The molecular weight excluding hydrogens is 380 g/mol. The summed E-state index contributed by atoms with van der Waals surface area (Å²) < 4.78 is 4.97. The Morgan fingerprint density at radius 3 is 2.29 bits per heavy atom. The van der Waals surface area contributed by atoms with Gasteiger partial charge in [0.05, 0.1) is 0 Å². The Hall–Kier alpha value is -2.86. The van der Waals surface area contributed by atoms with Crippen molar-refractivity contribution in [2.24, 2.45) is 0 Å². The van der Waals surface area contributed by atoms with Crippen molar-refractivity contribution in [3.05, 3.63) is 58.6 Å². The number of carbonyl (C=O) groups excluding carboxylic acids is 3. The lowest BCUT2D eigenvalue weighted by molar-refractivity contribution is -0.147. The van der Waals surface area contributed by atoms with Gasteiger partial charge in [-0.05, 0) is 49.6 Å². The van der Waals surface area contributed by atoms with Gasteiger partial charge in [-0.2, -0.15) is 0 Å². The third-order valence-electron chi connectivity index (χ3n) is 4.00. The average molecular weight is 403 g/mol. The molecule has 2 aromatic rings. The van der Waals surface area contributed by atoms with Gasteiger partial charge in [0.1, 0.15) is 0 Å². The van der Waals surface area contributed by atoms with Gasteiger partial charge in [0.2, 0.25) is 5.91 Å². The predicted octanol–water partition coefficient (Wildman–Crippen LogP) is 4.25. The van der Waals surface area contributed by atoms with Gasteiger partial charge >= 0.3 is 5.97 Å². The Morgan fingerprint density at radius 2 is 1.61 bits per heavy atom. The first kappa shape index (κ1) is 21.4. The van der Waals surface area contributed by atoms with Crippen LogP contribution in [-0.4, -0.2) is 24.4 Å². The van der Waals surface area contributed by atoms with Crippen molar-refractivity contribution in [3.8, 4) is 0 Å². The van der Waals surface area contributed by atoms with Gasteiger partial charge in [0, 0.05) is 29.2 Å². The number of benzene rings is 2. The molecule has 0 aliphatic heterocycles. The number of nitrogens with one attached hydrogen (secondary N) is 2. The number of carbonyl (C=O) groups is 3. The molecule has 6 nitrogen and oxygen atoms in total. The molecule has 2 N–H and O–H groups in total. The van der Waals surface area contributed by atoms with Crippen LogP contribution in [0.5, 0.6) is 0 Å². The van der Waals surface area contributed by atoms with Crippen molar-refractivity contribution in [1.29, 1.82) is 0 Å². The smallest absolute Gasteiger partial charge is 0.306 e. The fourth-order valence-corrected chi connectivity index (χ4v) is 2.78. The van der Waals surface area contributed by atoms with E-state index >= 15 is 0 Å². The zero-order valence-electron chi connectivity index (χ0n) is 15.9. The fraction of sp³-hybridized carbons (Fsp3) is 0.286. The fourth-order valence-electron chi connectivity index (χ4n) is 2.59. The summed E-state index contributed by atoms with van der Waals surface area (Å²) in [4.78, 5) is 35.6. The summed E-state index contributed by atoms with van der Waals surface area (Å²) in [5, 5.41) is 5.98. The number of hydrogen-bond acceptors (Lipinski definition) is 4. The van der Waals surface area contributed by atoms with Crippen LogP contribution in [0.3, 0.4) is 0 Å². The molecule has 0 unspecified atom stereocenters. The van der Waals surface area contributed by atoms with Gasteiger partial charge in [-0.25, -0.2) is 0 Å². The summed E-state index contributed by atoms with van der Waals surface area (Å²) in [7, 11) is 0. The van der Waals surface area contributed by atoms with Crippen LogP contribution in [0, 0.1) is 13.8 Å². The minimum atomic E-state index is -0.521. The number of esters is 1. The number of amides is 2. The van der Waals surface area contributed by atoms with Crippen molar-refractivity contribution in [2.45, 2.75) is 33.1 Å². The molecule has 2 rings (SSSR count). The third-order valence-corrected chi connectivity index (χ3v) is 4.24. The lowest BCUT2D eigenvalue weighted by Crippen LogP contribution is -2.22. The van der Waals surface area contributed by atoms with E-state index in [1.807, 2.05) is 32.0 Å². The van der Waals surface area contributed by atoms with Gasteiger partial charge < -0.3 is 15.4 Å². The molecule has 0 aliphatic carbocycles. The highest BCUT2D eigenvalue weighted by Crippen LogP contribution is 2.19. The molecule has 148 valence electrons. The van der Waals surface area contributed by atoms with Crippen molar-refractivity contribution in [2.75, 3.05) is 17.2 Å².